The first-order chi connectivity index (χ1) is 9.56. The Morgan fingerprint density at radius 3 is 2.45 bits per heavy atom. The van der Waals surface area contributed by atoms with Crippen LogP contribution in [-0.4, -0.2) is 11.8 Å². The van der Waals surface area contributed by atoms with E-state index in [4.69, 9.17) is 4.42 Å². The molecule has 0 atom stereocenters. The average Bonchev–Trinajstić information content (AvgIpc) is 3.03. The van der Waals surface area contributed by atoms with Gasteiger partial charge in [0.2, 0.25) is 0 Å². The molecule has 0 aliphatic heterocycles. The van der Waals surface area contributed by atoms with E-state index in [0.717, 1.165) is 22.6 Å². The molecule has 0 aromatic carbocycles. The number of thiophene rings is 1. The Hall–Kier alpha value is -2.08. The van der Waals surface area contributed by atoms with Gasteiger partial charge < -0.3 is 15.1 Å². The Balaban J connectivity index is 1.79. The van der Waals surface area contributed by atoms with Crippen molar-refractivity contribution in [2.45, 2.75) is 26.9 Å². The number of hydrogen-bond acceptors (Lipinski definition) is 4. The molecule has 2 rings (SSSR count). The van der Waals surface area contributed by atoms with Crippen LogP contribution in [0.5, 0.6) is 0 Å². The lowest BCUT2D eigenvalue weighted by Gasteiger charge is -2.05. The molecule has 0 fully saturated rings. The summed E-state index contributed by atoms with van der Waals surface area (Å²) in [5.74, 6) is 0.266. The van der Waals surface area contributed by atoms with Crippen LogP contribution in [0.1, 0.15) is 22.6 Å². The van der Waals surface area contributed by atoms with E-state index in [0.29, 0.717) is 6.54 Å². The van der Waals surface area contributed by atoms with E-state index in [1.165, 1.54) is 0 Å². The molecule has 0 aliphatic rings. The first kappa shape index (κ1) is 14.3. The van der Waals surface area contributed by atoms with Crippen LogP contribution in [0.15, 0.2) is 27.3 Å². The molecule has 0 spiro atoms. The highest BCUT2D eigenvalue weighted by Crippen LogP contribution is 2.12. The number of nitrogens with one attached hydrogen (secondary N) is 2. The van der Waals surface area contributed by atoms with Gasteiger partial charge in [0.05, 0.1) is 0 Å². The van der Waals surface area contributed by atoms with Crippen LogP contribution >= 0.6 is 11.3 Å². The van der Waals surface area contributed by atoms with Crippen molar-refractivity contribution in [3.05, 3.63) is 45.5 Å². The van der Waals surface area contributed by atoms with Crippen LogP contribution in [0.2, 0.25) is 0 Å². The monoisotopic (exact) mass is 292 g/mol. The summed E-state index contributed by atoms with van der Waals surface area (Å²) in [5, 5.41) is 9.00. The number of amides is 2. The van der Waals surface area contributed by atoms with Gasteiger partial charge in [0.15, 0.2) is 0 Å². The fraction of sp³-hybridized carbons (Fsp3) is 0.286. The van der Waals surface area contributed by atoms with Gasteiger partial charge in [-0.25, -0.2) is 0 Å². The highest BCUT2D eigenvalue weighted by molar-refractivity contribution is 7.07. The van der Waals surface area contributed by atoms with Gasteiger partial charge in [-0.3, -0.25) is 9.59 Å². The van der Waals surface area contributed by atoms with Gasteiger partial charge in [-0.15, -0.1) is 0 Å². The molecule has 106 valence electrons. The van der Waals surface area contributed by atoms with Gasteiger partial charge in [-0.05, 0) is 42.3 Å². The molecule has 5 nitrogen and oxygen atoms in total. The van der Waals surface area contributed by atoms with E-state index in [9.17, 15) is 9.59 Å². The van der Waals surface area contributed by atoms with Crippen molar-refractivity contribution in [3.8, 4) is 0 Å². The number of carbonyl (C=O) groups excluding carboxylic acids is 2. The van der Waals surface area contributed by atoms with Crippen molar-refractivity contribution in [2.24, 2.45) is 0 Å². The van der Waals surface area contributed by atoms with Gasteiger partial charge in [0, 0.05) is 18.7 Å². The summed E-state index contributed by atoms with van der Waals surface area (Å²) in [7, 11) is 0. The summed E-state index contributed by atoms with van der Waals surface area (Å²) in [5.41, 5.74) is 1.86. The molecule has 2 heterocycles. The lowest BCUT2D eigenvalue weighted by Crippen LogP contribution is -2.39. The van der Waals surface area contributed by atoms with Crippen molar-refractivity contribution in [3.63, 3.8) is 0 Å². The molecule has 2 aromatic rings. The van der Waals surface area contributed by atoms with Crippen molar-refractivity contribution in [1.82, 2.24) is 10.6 Å². The van der Waals surface area contributed by atoms with Gasteiger partial charge in [0.25, 0.3) is 0 Å². The minimum atomic E-state index is -0.640. The molecular formula is C14H16N2O3S. The van der Waals surface area contributed by atoms with E-state index < -0.39 is 11.8 Å². The van der Waals surface area contributed by atoms with Crippen LogP contribution in [0.25, 0.3) is 0 Å². The molecule has 2 aromatic heterocycles. The van der Waals surface area contributed by atoms with Gasteiger partial charge in [-0.1, -0.05) is 0 Å². The molecule has 6 heteroatoms. The Labute approximate surface area is 121 Å². The molecule has 20 heavy (non-hydrogen) atoms. The fourth-order valence-electron chi connectivity index (χ4n) is 1.77. The third-order valence-electron chi connectivity index (χ3n) is 2.82. The zero-order valence-corrected chi connectivity index (χ0v) is 12.2. The number of aryl methyl sites for hydroxylation is 2. The topological polar surface area (TPSA) is 71.3 Å². The number of carbonyl (C=O) groups is 2. The highest BCUT2D eigenvalue weighted by atomic mass is 32.1. The number of furan rings is 1. The molecule has 0 saturated heterocycles. The molecule has 2 amide bonds. The van der Waals surface area contributed by atoms with Crippen molar-refractivity contribution < 1.29 is 14.0 Å². The zero-order chi connectivity index (χ0) is 14.5. The fourth-order valence-corrected chi connectivity index (χ4v) is 2.44. The van der Waals surface area contributed by atoms with Crippen molar-refractivity contribution in [1.29, 1.82) is 0 Å². The Morgan fingerprint density at radius 2 is 1.90 bits per heavy atom. The van der Waals surface area contributed by atoms with E-state index in [1.807, 2.05) is 36.7 Å². The first-order valence-corrected chi connectivity index (χ1v) is 7.13. The Bertz CT molecular complexity index is 602. The second kappa shape index (κ2) is 6.38. The van der Waals surface area contributed by atoms with E-state index in [1.54, 1.807) is 11.3 Å². The second-order valence-corrected chi connectivity index (χ2v) is 5.22. The molecule has 0 radical (unpaired) electrons. The normalized spacial score (nSPS) is 10.3. The summed E-state index contributed by atoms with van der Waals surface area (Å²) < 4.78 is 5.35. The predicted octanol–water partition coefficient (Wildman–Crippen LogP) is 1.89. The first-order valence-electron chi connectivity index (χ1n) is 6.19. The molecule has 0 aliphatic carbocycles. The minimum Gasteiger partial charge on any atom is -0.466 e. The van der Waals surface area contributed by atoms with Crippen LogP contribution in [0, 0.1) is 13.8 Å². The van der Waals surface area contributed by atoms with Crippen LogP contribution in [0.4, 0.5) is 0 Å². The Kier molecular flexibility index (Phi) is 4.57. The average molecular weight is 292 g/mol. The van der Waals surface area contributed by atoms with Gasteiger partial charge in [0.1, 0.15) is 11.5 Å². The largest absolute Gasteiger partial charge is 0.466 e. The molecular weight excluding hydrogens is 276 g/mol. The molecule has 2 N–H and O–H groups in total. The minimum absolute atomic E-state index is 0.286. The summed E-state index contributed by atoms with van der Waals surface area (Å²) in [6.45, 7) is 4.31. The lowest BCUT2D eigenvalue weighted by molar-refractivity contribution is -0.139. The van der Waals surface area contributed by atoms with Crippen molar-refractivity contribution in [2.75, 3.05) is 0 Å². The maximum Gasteiger partial charge on any atom is 0.309 e. The third kappa shape index (κ3) is 3.71. The summed E-state index contributed by atoms with van der Waals surface area (Å²) in [6.07, 6.45) is 0. The van der Waals surface area contributed by atoms with Gasteiger partial charge in [-0.2, -0.15) is 11.3 Å². The summed E-state index contributed by atoms with van der Waals surface area (Å²) in [6, 6.07) is 3.75. The molecule has 0 saturated carbocycles. The number of rotatable bonds is 4. The third-order valence-corrected chi connectivity index (χ3v) is 3.55. The van der Waals surface area contributed by atoms with E-state index in [2.05, 4.69) is 10.6 Å². The van der Waals surface area contributed by atoms with Crippen LogP contribution in [-0.2, 0) is 22.7 Å². The van der Waals surface area contributed by atoms with E-state index in [-0.39, 0.29) is 6.54 Å². The smallest absolute Gasteiger partial charge is 0.309 e. The van der Waals surface area contributed by atoms with Gasteiger partial charge >= 0.3 is 11.8 Å². The SMILES string of the molecule is Cc1cc(CNC(=O)C(=O)NCc2ccsc2)c(C)o1. The summed E-state index contributed by atoms with van der Waals surface area (Å²) >= 11 is 1.55. The predicted molar refractivity (Wildman–Crippen MR) is 76.2 cm³/mol. The second-order valence-electron chi connectivity index (χ2n) is 4.44. The maximum absolute atomic E-state index is 11.6. The van der Waals surface area contributed by atoms with Crippen LogP contribution < -0.4 is 10.6 Å². The van der Waals surface area contributed by atoms with Crippen LogP contribution in [0.3, 0.4) is 0 Å². The summed E-state index contributed by atoms with van der Waals surface area (Å²) in [4.78, 5) is 23.2. The standard InChI is InChI=1S/C14H16N2O3S/c1-9-5-12(10(2)19-9)7-16-14(18)13(17)15-6-11-3-4-20-8-11/h3-5,8H,6-7H2,1-2H3,(H,15,17)(H,16,18). The molecule has 0 unspecified atom stereocenters. The zero-order valence-electron chi connectivity index (χ0n) is 11.4. The van der Waals surface area contributed by atoms with E-state index >= 15 is 0 Å². The van der Waals surface area contributed by atoms with Crippen molar-refractivity contribution >= 4 is 23.2 Å². The molecule has 0 bridgehead atoms. The lowest BCUT2D eigenvalue weighted by atomic mass is 10.2. The highest BCUT2D eigenvalue weighted by Gasteiger charge is 2.14. The number of hydrogen-bond donors (Lipinski definition) is 2. The quantitative estimate of drug-likeness (QED) is 0.845. The Morgan fingerprint density at radius 1 is 1.20 bits per heavy atom. The maximum atomic E-state index is 11.6.